The van der Waals surface area contributed by atoms with Crippen LogP contribution in [0.15, 0.2) is 5.51 Å². The Morgan fingerprint density at radius 3 is 2.94 bits per heavy atom. The average molecular weight is 268 g/mol. The molecule has 2 rings (SSSR count). The van der Waals surface area contributed by atoms with Crippen LogP contribution in [0.3, 0.4) is 0 Å². The molecule has 1 aliphatic rings. The number of hydrogen-bond acceptors (Lipinski definition) is 4. The molecule has 1 saturated carbocycles. The Balaban J connectivity index is 1.85. The van der Waals surface area contributed by atoms with E-state index in [1.165, 1.54) is 11.3 Å². The van der Waals surface area contributed by atoms with E-state index >= 15 is 0 Å². The van der Waals surface area contributed by atoms with Gasteiger partial charge in [-0.1, -0.05) is 13.8 Å². The number of aliphatic hydroxyl groups excluding tert-OH is 1. The zero-order valence-corrected chi connectivity index (χ0v) is 11.7. The Kier molecular flexibility index (Phi) is 4.35. The Bertz CT molecular complexity index is 413. The molecule has 4 nitrogen and oxygen atoms in total. The molecule has 100 valence electrons. The van der Waals surface area contributed by atoms with Gasteiger partial charge in [-0.05, 0) is 25.2 Å². The maximum Gasteiger partial charge on any atom is 0.263 e. The quantitative estimate of drug-likeness (QED) is 0.831. The lowest BCUT2D eigenvalue weighted by atomic mass is 10.1. The molecule has 0 aliphatic heterocycles. The summed E-state index contributed by atoms with van der Waals surface area (Å²) < 4.78 is 0. The summed E-state index contributed by atoms with van der Waals surface area (Å²) in [6.07, 6.45) is 2.52. The largest absolute Gasteiger partial charge is 0.391 e. The van der Waals surface area contributed by atoms with Gasteiger partial charge in [-0.25, -0.2) is 4.98 Å². The van der Waals surface area contributed by atoms with Crippen molar-refractivity contribution in [2.75, 3.05) is 6.54 Å². The van der Waals surface area contributed by atoms with Crippen LogP contribution in [0.5, 0.6) is 0 Å². The number of nitrogens with zero attached hydrogens (tertiary/aromatic N) is 1. The van der Waals surface area contributed by atoms with Crippen molar-refractivity contribution in [1.29, 1.82) is 0 Å². The predicted molar refractivity (Wildman–Crippen MR) is 71.9 cm³/mol. The molecule has 1 aromatic heterocycles. The van der Waals surface area contributed by atoms with E-state index in [0.717, 1.165) is 18.5 Å². The number of nitrogens with one attached hydrogen (secondary N) is 1. The fourth-order valence-electron chi connectivity index (χ4n) is 1.99. The third-order valence-electron chi connectivity index (χ3n) is 3.01. The maximum atomic E-state index is 12.0. The first-order chi connectivity index (χ1) is 8.58. The number of amides is 1. The number of hydrogen-bond donors (Lipinski definition) is 2. The van der Waals surface area contributed by atoms with Gasteiger partial charge < -0.3 is 10.4 Å². The summed E-state index contributed by atoms with van der Waals surface area (Å²) in [6.45, 7) is 4.43. The van der Waals surface area contributed by atoms with Gasteiger partial charge in [0.1, 0.15) is 4.88 Å². The highest BCUT2D eigenvalue weighted by atomic mass is 32.1. The van der Waals surface area contributed by atoms with Crippen molar-refractivity contribution < 1.29 is 9.90 Å². The van der Waals surface area contributed by atoms with Crippen molar-refractivity contribution in [3.05, 3.63) is 16.1 Å². The van der Waals surface area contributed by atoms with Gasteiger partial charge in [0.2, 0.25) is 0 Å². The van der Waals surface area contributed by atoms with E-state index in [4.69, 9.17) is 0 Å². The van der Waals surface area contributed by atoms with Crippen molar-refractivity contribution in [3.63, 3.8) is 0 Å². The minimum atomic E-state index is -0.466. The van der Waals surface area contributed by atoms with E-state index in [2.05, 4.69) is 24.1 Å². The lowest BCUT2D eigenvalue weighted by Gasteiger charge is -2.13. The molecule has 0 aromatic carbocycles. The molecular weight excluding hydrogens is 248 g/mol. The van der Waals surface area contributed by atoms with E-state index < -0.39 is 6.10 Å². The molecule has 18 heavy (non-hydrogen) atoms. The third-order valence-corrected chi connectivity index (χ3v) is 3.85. The average Bonchev–Trinajstić information content (AvgIpc) is 3.03. The van der Waals surface area contributed by atoms with Crippen LogP contribution in [0, 0.1) is 5.92 Å². The molecule has 1 fully saturated rings. The van der Waals surface area contributed by atoms with Crippen molar-refractivity contribution in [3.8, 4) is 0 Å². The first-order valence-electron chi connectivity index (χ1n) is 6.47. The summed E-state index contributed by atoms with van der Waals surface area (Å²) in [5.41, 5.74) is 2.67. The summed E-state index contributed by atoms with van der Waals surface area (Å²) in [5, 5.41) is 12.5. The van der Waals surface area contributed by atoms with Gasteiger partial charge in [-0.15, -0.1) is 11.3 Å². The molecule has 1 heterocycles. The molecule has 1 aromatic rings. The van der Waals surface area contributed by atoms with Crippen LogP contribution in [0.1, 0.15) is 54.4 Å². The van der Waals surface area contributed by atoms with E-state index in [9.17, 15) is 9.90 Å². The van der Waals surface area contributed by atoms with E-state index in [0.29, 0.717) is 29.7 Å². The van der Waals surface area contributed by atoms with Crippen LogP contribution in [0.4, 0.5) is 0 Å². The molecule has 5 heteroatoms. The van der Waals surface area contributed by atoms with Gasteiger partial charge in [0, 0.05) is 12.5 Å². The Hall–Kier alpha value is -0.940. The molecule has 1 atom stereocenters. The number of aliphatic hydroxyl groups is 1. The normalized spacial score (nSPS) is 16.9. The van der Waals surface area contributed by atoms with E-state index in [1.807, 2.05) is 0 Å². The Labute approximate surface area is 111 Å². The lowest BCUT2D eigenvalue weighted by molar-refractivity contribution is 0.0903. The first kappa shape index (κ1) is 13.5. The van der Waals surface area contributed by atoms with Crippen LogP contribution in [-0.2, 0) is 0 Å². The summed E-state index contributed by atoms with van der Waals surface area (Å²) in [7, 11) is 0. The number of carbonyl (C=O) groups is 1. The second kappa shape index (κ2) is 5.80. The van der Waals surface area contributed by atoms with Crippen LogP contribution < -0.4 is 5.32 Å². The van der Waals surface area contributed by atoms with Gasteiger partial charge in [0.15, 0.2) is 0 Å². The summed E-state index contributed by atoms with van der Waals surface area (Å²) in [5.74, 6) is 0.821. The summed E-state index contributed by atoms with van der Waals surface area (Å²) in [6, 6.07) is 0. The fraction of sp³-hybridized carbons (Fsp3) is 0.692. The topological polar surface area (TPSA) is 62.2 Å². The van der Waals surface area contributed by atoms with Crippen molar-refractivity contribution >= 4 is 17.2 Å². The zero-order chi connectivity index (χ0) is 13.1. The van der Waals surface area contributed by atoms with Crippen LogP contribution in [-0.4, -0.2) is 28.6 Å². The number of thiazole rings is 1. The third kappa shape index (κ3) is 3.53. The van der Waals surface area contributed by atoms with Crippen molar-refractivity contribution in [1.82, 2.24) is 10.3 Å². The first-order valence-corrected chi connectivity index (χ1v) is 7.35. The van der Waals surface area contributed by atoms with Gasteiger partial charge in [0.25, 0.3) is 5.91 Å². The van der Waals surface area contributed by atoms with E-state index in [1.54, 1.807) is 5.51 Å². The Morgan fingerprint density at radius 2 is 2.33 bits per heavy atom. The molecule has 1 amide bonds. The van der Waals surface area contributed by atoms with Gasteiger partial charge in [-0.2, -0.15) is 0 Å². The van der Waals surface area contributed by atoms with Crippen LogP contribution in [0.2, 0.25) is 0 Å². The molecular formula is C13H20N2O2S. The highest BCUT2D eigenvalue weighted by Crippen LogP contribution is 2.41. The van der Waals surface area contributed by atoms with Crippen LogP contribution >= 0.6 is 11.3 Å². The lowest BCUT2D eigenvalue weighted by Crippen LogP contribution is -2.32. The van der Waals surface area contributed by atoms with Gasteiger partial charge in [-0.3, -0.25) is 4.79 Å². The van der Waals surface area contributed by atoms with Gasteiger partial charge in [0.05, 0.1) is 17.3 Å². The van der Waals surface area contributed by atoms with Crippen LogP contribution in [0.25, 0.3) is 0 Å². The molecule has 0 radical (unpaired) electrons. The van der Waals surface area contributed by atoms with Crippen molar-refractivity contribution in [2.45, 2.75) is 45.1 Å². The second-order valence-electron chi connectivity index (χ2n) is 5.33. The number of aromatic nitrogens is 1. The fourth-order valence-corrected chi connectivity index (χ4v) is 2.78. The smallest absolute Gasteiger partial charge is 0.263 e. The number of rotatable bonds is 6. The highest BCUT2D eigenvalue weighted by Gasteiger charge is 2.30. The maximum absolute atomic E-state index is 12.0. The Morgan fingerprint density at radius 1 is 1.61 bits per heavy atom. The minimum Gasteiger partial charge on any atom is -0.391 e. The predicted octanol–water partition coefficient (Wildman–Crippen LogP) is 2.16. The summed E-state index contributed by atoms with van der Waals surface area (Å²) in [4.78, 5) is 17.0. The monoisotopic (exact) mass is 268 g/mol. The SMILES string of the molecule is CC(C)CC(O)CNC(=O)c1scnc1C1CC1. The van der Waals surface area contributed by atoms with Gasteiger partial charge >= 0.3 is 0 Å². The molecule has 0 bridgehead atoms. The molecule has 0 saturated heterocycles. The van der Waals surface area contributed by atoms with Crippen molar-refractivity contribution in [2.24, 2.45) is 5.92 Å². The highest BCUT2D eigenvalue weighted by molar-refractivity contribution is 7.11. The summed E-state index contributed by atoms with van der Waals surface area (Å²) >= 11 is 1.39. The molecule has 2 N–H and O–H groups in total. The van der Waals surface area contributed by atoms with E-state index in [-0.39, 0.29) is 5.91 Å². The zero-order valence-electron chi connectivity index (χ0n) is 10.8. The molecule has 1 aliphatic carbocycles. The standard InChI is InChI=1S/C13H20N2O2S/c1-8(2)5-10(16)6-14-13(17)12-11(9-3-4-9)15-7-18-12/h7-10,16H,3-6H2,1-2H3,(H,14,17). The molecule has 0 spiro atoms. The molecule has 1 unspecified atom stereocenters. The second-order valence-corrected chi connectivity index (χ2v) is 6.19. The number of carbonyl (C=O) groups excluding carboxylic acids is 1. The minimum absolute atomic E-state index is 0.0952.